The lowest BCUT2D eigenvalue weighted by Gasteiger charge is -2.10. The predicted octanol–water partition coefficient (Wildman–Crippen LogP) is 1.62. The summed E-state index contributed by atoms with van der Waals surface area (Å²) in [5.74, 6) is -0.369. The Hall–Kier alpha value is -2.69. The van der Waals surface area contributed by atoms with E-state index in [1.165, 1.54) is 22.8 Å². The van der Waals surface area contributed by atoms with Crippen LogP contribution in [0.15, 0.2) is 57.3 Å². The molecule has 146 valence electrons. The quantitative estimate of drug-likeness (QED) is 0.479. The predicted molar refractivity (Wildman–Crippen MR) is 109 cm³/mol. The van der Waals surface area contributed by atoms with Gasteiger partial charge < -0.3 is 5.32 Å². The molecule has 0 unspecified atom stereocenters. The summed E-state index contributed by atoms with van der Waals surface area (Å²) in [6, 6.07) is 11.1. The summed E-state index contributed by atoms with van der Waals surface area (Å²) in [4.78, 5) is 29.1. The number of aryl methyl sites for hydroxylation is 1. The molecule has 3 rings (SSSR count). The standard InChI is InChI=1S/C18H18N4O4S2/c1-11-6-7-15-14(8-11)17(24)22(2)18(21-15)27-10-16(23)20-12-4-3-5-13(9-12)28(19,25)26/h3-9H,10H2,1-2H3,(H,20,23)(H2,19,25,26). The van der Waals surface area contributed by atoms with Crippen molar-refractivity contribution in [3.63, 3.8) is 0 Å². The Kier molecular flexibility index (Phi) is 5.54. The van der Waals surface area contributed by atoms with E-state index >= 15 is 0 Å². The van der Waals surface area contributed by atoms with Crippen LogP contribution in [-0.2, 0) is 21.9 Å². The summed E-state index contributed by atoms with van der Waals surface area (Å²) in [6.45, 7) is 1.90. The van der Waals surface area contributed by atoms with E-state index in [-0.39, 0.29) is 22.1 Å². The molecule has 2 aromatic carbocycles. The Labute approximate surface area is 165 Å². The smallest absolute Gasteiger partial charge is 0.261 e. The molecule has 0 atom stereocenters. The van der Waals surface area contributed by atoms with E-state index in [1.54, 1.807) is 25.2 Å². The molecular formula is C18H18N4O4S2. The van der Waals surface area contributed by atoms with Crippen LogP contribution in [0, 0.1) is 6.92 Å². The molecule has 0 bridgehead atoms. The lowest BCUT2D eigenvalue weighted by Crippen LogP contribution is -2.21. The number of sulfonamides is 1. The van der Waals surface area contributed by atoms with Crippen molar-refractivity contribution in [3.05, 3.63) is 58.4 Å². The largest absolute Gasteiger partial charge is 0.325 e. The molecule has 0 aliphatic rings. The molecule has 0 spiro atoms. The van der Waals surface area contributed by atoms with Gasteiger partial charge in [0.2, 0.25) is 15.9 Å². The maximum absolute atomic E-state index is 12.5. The van der Waals surface area contributed by atoms with Gasteiger partial charge in [0.25, 0.3) is 5.56 Å². The van der Waals surface area contributed by atoms with Gasteiger partial charge in [-0.3, -0.25) is 14.2 Å². The molecule has 0 aliphatic carbocycles. The number of amides is 1. The van der Waals surface area contributed by atoms with Crippen molar-refractivity contribution in [1.29, 1.82) is 0 Å². The van der Waals surface area contributed by atoms with E-state index in [1.807, 2.05) is 13.0 Å². The van der Waals surface area contributed by atoms with Crippen molar-refractivity contribution < 1.29 is 13.2 Å². The normalized spacial score (nSPS) is 11.5. The fourth-order valence-corrected chi connectivity index (χ4v) is 3.90. The van der Waals surface area contributed by atoms with Gasteiger partial charge >= 0.3 is 0 Å². The molecule has 3 N–H and O–H groups in total. The van der Waals surface area contributed by atoms with Crippen LogP contribution in [0.1, 0.15) is 5.56 Å². The first kappa shape index (κ1) is 20.1. The third-order valence-electron chi connectivity index (χ3n) is 3.97. The number of primary sulfonamides is 1. The van der Waals surface area contributed by atoms with Gasteiger partial charge in [-0.15, -0.1) is 0 Å². The van der Waals surface area contributed by atoms with Crippen molar-refractivity contribution in [2.45, 2.75) is 17.0 Å². The number of fused-ring (bicyclic) bond motifs is 1. The van der Waals surface area contributed by atoms with Gasteiger partial charge in [0, 0.05) is 12.7 Å². The van der Waals surface area contributed by atoms with Crippen molar-refractivity contribution in [2.24, 2.45) is 12.2 Å². The first-order valence-electron chi connectivity index (χ1n) is 8.18. The highest BCUT2D eigenvalue weighted by molar-refractivity contribution is 7.99. The number of anilines is 1. The summed E-state index contributed by atoms with van der Waals surface area (Å²) in [5.41, 5.74) is 1.66. The van der Waals surface area contributed by atoms with Gasteiger partial charge in [0.05, 0.1) is 21.6 Å². The van der Waals surface area contributed by atoms with Gasteiger partial charge in [-0.25, -0.2) is 18.5 Å². The SMILES string of the molecule is Cc1ccc2nc(SCC(=O)Nc3cccc(S(N)(=O)=O)c3)n(C)c(=O)c2c1. The number of hydrogen-bond acceptors (Lipinski definition) is 6. The van der Waals surface area contributed by atoms with E-state index in [0.717, 1.165) is 17.3 Å². The summed E-state index contributed by atoms with van der Waals surface area (Å²) in [7, 11) is -2.25. The molecule has 3 aromatic rings. The van der Waals surface area contributed by atoms with Gasteiger partial charge in [-0.2, -0.15) is 0 Å². The van der Waals surface area contributed by atoms with E-state index in [4.69, 9.17) is 5.14 Å². The number of hydrogen-bond donors (Lipinski definition) is 2. The van der Waals surface area contributed by atoms with Gasteiger partial charge in [-0.05, 0) is 37.3 Å². The van der Waals surface area contributed by atoms with E-state index in [9.17, 15) is 18.0 Å². The van der Waals surface area contributed by atoms with Crippen molar-refractivity contribution >= 4 is 44.3 Å². The number of nitrogens with two attached hydrogens (primary N) is 1. The highest BCUT2D eigenvalue weighted by atomic mass is 32.2. The number of rotatable bonds is 5. The van der Waals surface area contributed by atoms with Crippen molar-refractivity contribution in [1.82, 2.24) is 9.55 Å². The minimum atomic E-state index is -3.86. The molecule has 0 saturated heterocycles. The molecule has 1 heterocycles. The minimum absolute atomic E-state index is 0.00273. The average Bonchev–Trinajstić information content (AvgIpc) is 2.63. The average molecular weight is 419 g/mol. The maximum atomic E-state index is 12.5. The van der Waals surface area contributed by atoms with Crippen LogP contribution in [0.3, 0.4) is 0 Å². The van der Waals surface area contributed by atoms with Crippen LogP contribution >= 0.6 is 11.8 Å². The first-order valence-corrected chi connectivity index (χ1v) is 10.7. The Morgan fingerprint density at radius 3 is 2.71 bits per heavy atom. The topological polar surface area (TPSA) is 124 Å². The van der Waals surface area contributed by atoms with E-state index in [0.29, 0.717) is 21.7 Å². The van der Waals surface area contributed by atoms with Crippen LogP contribution in [0.4, 0.5) is 5.69 Å². The molecule has 28 heavy (non-hydrogen) atoms. The number of thioether (sulfide) groups is 1. The Bertz CT molecular complexity index is 1240. The fraction of sp³-hybridized carbons (Fsp3) is 0.167. The molecule has 10 heteroatoms. The molecule has 1 amide bonds. The fourth-order valence-electron chi connectivity index (χ4n) is 2.57. The number of aromatic nitrogens is 2. The van der Waals surface area contributed by atoms with Gasteiger partial charge in [0.15, 0.2) is 5.16 Å². The third kappa shape index (κ3) is 4.41. The summed E-state index contributed by atoms with van der Waals surface area (Å²) < 4.78 is 24.2. The molecule has 0 aliphatic heterocycles. The lowest BCUT2D eigenvalue weighted by molar-refractivity contribution is -0.113. The molecule has 8 nitrogen and oxygen atoms in total. The second kappa shape index (κ2) is 7.74. The molecular weight excluding hydrogens is 400 g/mol. The van der Waals surface area contributed by atoms with Crippen LogP contribution < -0.4 is 16.0 Å². The number of nitrogens with zero attached hydrogens (tertiary/aromatic N) is 2. The summed E-state index contributed by atoms with van der Waals surface area (Å²) >= 11 is 1.11. The van der Waals surface area contributed by atoms with Gasteiger partial charge in [-0.1, -0.05) is 29.5 Å². The molecule has 0 radical (unpaired) electrons. The molecule has 0 fully saturated rings. The van der Waals surface area contributed by atoms with Gasteiger partial charge in [0.1, 0.15) is 0 Å². The minimum Gasteiger partial charge on any atom is -0.325 e. The van der Waals surface area contributed by atoms with E-state index < -0.39 is 10.0 Å². The van der Waals surface area contributed by atoms with Crippen molar-refractivity contribution in [3.8, 4) is 0 Å². The Morgan fingerprint density at radius 1 is 1.25 bits per heavy atom. The zero-order valence-electron chi connectivity index (χ0n) is 15.2. The number of carbonyl (C=O) groups excluding carboxylic acids is 1. The summed E-state index contributed by atoms with van der Waals surface area (Å²) in [5, 5.41) is 8.64. The van der Waals surface area contributed by atoms with E-state index in [2.05, 4.69) is 10.3 Å². The zero-order chi connectivity index (χ0) is 20.5. The zero-order valence-corrected chi connectivity index (χ0v) is 16.8. The van der Waals surface area contributed by atoms with Crippen molar-refractivity contribution in [2.75, 3.05) is 11.1 Å². The molecule has 1 aromatic heterocycles. The number of benzene rings is 2. The van der Waals surface area contributed by atoms with Crippen LogP contribution in [0.25, 0.3) is 10.9 Å². The monoisotopic (exact) mass is 418 g/mol. The first-order chi connectivity index (χ1) is 13.1. The second-order valence-corrected chi connectivity index (χ2v) is 8.69. The Morgan fingerprint density at radius 2 is 2.00 bits per heavy atom. The third-order valence-corrected chi connectivity index (χ3v) is 5.91. The summed E-state index contributed by atoms with van der Waals surface area (Å²) in [6.07, 6.45) is 0. The second-order valence-electron chi connectivity index (χ2n) is 6.19. The van der Waals surface area contributed by atoms with Crippen LogP contribution in [0.2, 0.25) is 0 Å². The Balaban J connectivity index is 1.76. The van der Waals surface area contributed by atoms with Crippen LogP contribution in [0.5, 0.6) is 0 Å². The molecule has 0 saturated carbocycles. The van der Waals surface area contributed by atoms with Crippen LogP contribution in [-0.4, -0.2) is 29.6 Å². The number of nitrogens with one attached hydrogen (secondary N) is 1. The lowest BCUT2D eigenvalue weighted by atomic mass is 10.2. The maximum Gasteiger partial charge on any atom is 0.261 e. The number of carbonyl (C=O) groups is 1. The highest BCUT2D eigenvalue weighted by Gasteiger charge is 2.13. The highest BCUT2D eigenvalue weighted by Crippen LogP contribution is 2.19.